The Labute approximate surface area is 143 Å². The summed E-state index contributed by atoms with van der Waals surface area (Å²) in [5.41, 5.74) is 2.50. The van der Waals surface area contributed by atoms with Crippen molar-refractivity contribution in [1.82, 2.24) is 5.32 Å². The third kappa shape index (κ3) is 6.11. The molecule has 0 fully saturated rings. The van der Waals surface area contributed by atoms with E-state index in [2.05, 4.69) is 5.32 Å². The van der Waals surface area contributed by atoms with E-state index in [1.807, 2.05) is 0 Å². The zero-order valence-corrected chi connectivity index (χ0v) is 13.6. The minimum atomic E-state index is -4.39. The van der Waals surface area contributed by atoms with Crippen molar-refractivity contribution < 1.29 is 27.8 Å². The number of carboxylic acids is 1. The molecule has 0 aliphatic carbocycles. The first-order valence-electron chi connectivity index (χ1n) is 7.56. The topological polar surface area (TPSA) is 58.6 Å². The maximum Gasteiger partial charge on any atom is 0.422 e. The van der Waals surface area contributed by atoms with Crippen LogP contribution in [0.1, 0.15) is 27.0 Å². The number of aromatic carboxylic acids is 1. The maximum atomic E-state index is 12.4. The van der Waals surface area contributed by atoms with Crippen LogP contribution in [0.3, 0.4) is 0 Å². The summed E-state index contributed by atoms with van der Waals surface area (Å²) in [5.74, 6) is -0.795. The molecule has 0 aliphatic heterocycles. The second-order valence-corrected chi connectivity index (χ2v) is 5.62. The van der Waals surface area contributed by atoms with Crippen molar-refractivity contribution in [3.05, 3.63) is 64.7 Å². The number of alkyl halides is 3. The first kappa shape index (κ1) is 18.8. The van der Waals surface area contributed by atoms with Gasteiger partial charge in [0.15, 0.2) is 6.61 Å². The largest absolute Gasteiger partial charge is 0.484 e. The van der Waals surface area contributed by atoms with Gasteiger partial charge >= 0.3 is 12.1 Å². The molecule has 4 nitrogen and oxygen atoms in total. The monoisotopic (exact) mass is 353 g/mol. The molecular weight excluding hydrogens is 335 g/mol. The summed E-state index contributed by atoms with van der Waals surface area (Å²) in [5, 5.41) is 12.0. The lowest BCUT2D eigenvalue weighted by atomic mass is 10.1. The summed E-state index contributed by atoms with van der Waals surface area (Å²) in [7, 11) is 0. The number of benzene rings is 2. The number of hydrogen-bond acceptors (Lipinski definition) is 3. The van der Waals surface area contributed by atoms with Gasteiger partial charge in [0.2, 0.25) is 0 Å². The van der Waals surface area contributed by atoms with Gasteiger partial charge in [0.1, 0.15) is 5.75 Å². The molecule has 0 radical (unpaired) electrons. The Hall–Kier alpha value is -2.54. The summed E-state index contributed by atoms with van der Waals surface area (Å²) >= 11 is 0. The summed E-state index contributed by atoms with van der Waals surface area (Å²) in [4.78, 5) is 10.8. The van der Waals surface area contributed by atoms with Gasteiger partial charge in [-0.2, -0.15) is 13.2 Å². The molecule has 7 heteroatoms. The Balaban J connectivity index is 1.96. The third-order valence-corrected chi connectivity index (χ3v) is 3.46. The Kier molecular flexibility index (Phi) is 6.03. The first-order chi connectivity index (χ1) is 11.7. The highest BCUT2D eigenvalue weighted by Crippen LogP contribution is 2.23. The molecular formula is C18H18F3NO3. The van der Waals surface area contributed by atoms with E-state index in [0.717, 1.165) is 11.1 Å². The molecule has 0 unspecified atom stereocenters. The predicted octanol–water partition coefficient (Wildman–Crippen LogP) is 3.92. The van der Waals surface area contributed by atoms with Crippen LogP contribution >= 0.6 is 0 Å². The van der Waals surface area contributed by atoms with Gasteiger partial charge in [-0.3, -0.25) is 0 Å². The molecule has 0 saturated heterocycles. The SMILES string of the molecule is Cc1ccc(CNCc2ccc(C(=O)O)cc2)c(OCC(F)(F)F)c1. The Bertz CT molecular complexity index is 727. The molecule has 0 bridgehead atoms. The summed E-state index contributed by atoms with van der Waals surface area (Å²) in [6.07, 6.45) is -4.39. The highest BCUT2D eigenvalue weighted by Gasteiger charge is 2.28. The van der Waals surface area contributed by atoms with E-state index >= 15 is 0 Å². The molecule has 0 saturated carbocycles. The van der Waals surface area contributed by atoms with Gasteiger partial charge in [-0.05, 0) is 36.2 Å². The minimum Gasteiger partial charge on any atom is -0.484 e. The van der Waals surface area contributed by atoms with Crippen molar-refractivity contribution in [2.45, 2.75) is 26.2 Å². The normalized spacial score (nSPS) is 11.4. The van der Waals surface area contributed by atoms with Crippen LogP contribution in [0.2, 0.25) is 0 Å². The van der Waals surface area contributed by atoms with Crippen molar-refractivity contribution in [2.24, 2.45) is 0 Å². The second kappa shape index (κ2) is 8.02. The van der Waals surface area contributed by atoms with Crippen molar-refractivity contribution in [1.29, 1.82) is 0 Å². The highest BCUT2D eigenvalue weighted by molar-refractivity contribution is 5.87. The first-order valence-corrected chi connectivity index (χ1v) is 7.56. The summed E-state index contributed by atoms with van der Waals surface area (Å²) < 4.78 is 42.0. The van der Waals surface area contributed by atoms with Crippen molar-refractivity contribution >= 4 is 5.97 Å². The van der Waals surface area contributed by atoms with Gasteiger partial charge < -0.3 is 15.2 Å². The molecule has 0 amide bonds. The lowest BCUT2D eigenvalue weighted by molar-refractivity contribution is -0.153. The zero-order valence-electron chi connectivity index (χ0n) is 13.6. The van der Waals surface area contributed by atoms with Crippen LogP contribution in [0.25, 0.3) is 0 Å². The number of aryl methyl sites for hydroxylation is 1. The molecule has 0 aromatic heterocycles. The van der Waals surface area contributed by atoms with E-state index in [1.165, 1.54) is 12.1 Å². The zero-order chi connectivity index (χ0) is 18.4. The van der Waals surface area contributed by atoms with Crippen LogP contribution in [-0.2, 0) is 13.1 Å². The van der Waals surface area contributed by atoms with Gasteiger partial charge in [0.25, 0.3) is 0 Å². The molecule has 0 atom stereocenters. The van der Waals surface area contributed by atoms with Gasteiger partial charge in [-0.15, -0.1) is 0 Å². The van der Waals surface area contributed by atoms with Crippen molar-refractivity contribution in [3.63, 3.8) is 0 Å². The van der Waals surface area contributed by atoms with Gasteiger partial charge in [0.05, 0.1) is 5.56 Å². The van der Waals surface area contributed by atoms with Gasteiger partial charge in [-0.1, -0.05) is 24.3 Å². The van der Waals surface area contributed by atoms with Crippen LogP contribution in [-0.4, -0.2) is 23.9 Å². The molecule has 2 rings (SSSR count). The van der Waals surface area contributed by atoms with Crippen LogP contribution in [0.15, 0.2) is 42.5 Å². The third-order valence-electron chi connectivity index (χ3n) is 3.46. The number of carbonyl (C=O) groups is 1. The average molecular weight is 353 g/mol. The van der Waals surface area contributed by atoms with Crippen LogP contribution in [0, 0.1) is 6.92 Å². The number of ether oxygens (including phenoxy) is 1. The van der Waals surface area contributed by atoms with Gasteiger partial charge in [-0.25, -0.2) is 4.79 Å². The Morgan fingerprint density at radius 1 is 1.12 bits per heavy atom. The summed E-state index contributed by atoms with van der Waals surface area (Å²) in [6, 6.07) is 11.5. The molecule has 25 heavy (non-hydrogen) atoms. The standard InChI is InChI=1S/C18H18F3NO3/c1-12-2-5-15(16(8-12)25-11-18(19,20)21)10-22-9-13-3-6-14(7-4-13)17(23)24/h2-8,22H,9-11H2,1H3,(H,23,24). The minimum absolute atomic E-state index is 0.199. The second-order valence-electron chi connectivity index (χ2n) is 5.62. The van der Waals surface area contributed by atoms with Gasteiger partial charge in [0, 0.05) is 18.7 Å². The van der Waals surface area contributed by atoms with Crippen molar-refractivity contribution in [2.75, 3.05) is 6.61 Å². The number of rotatable bonds is 7. The summed E-state index contributed by atoms with van der Waals surface area (Å²) in [6.45, 7) is 1.22. The number of hydrogen-bond donors (Lipinski definition) is 2. The Morgan fingerprint density at radius 2 is 1.80 bits per heavy atom. The maximum absolute atomic E-state index is 12.4. The molecule has 0 heterocycles. The predicted molar refractivity (Wildman–Crippen MR) is 86.7 cm³/mol. The molecule has 0 aliphatic rings. The van der Waals surface area contributed by atoms with Crippen LogP contribution in [0.4, 0.5) is 13.2 Å². The lowest BCUT2D eigenvalue weighted by Gasteiger charge is -2.14. The fraction of sp³-hybridized carbons (Fsp3) is 0.278. The van der Waals surface area contributed by atoms with E-state index in [0.29, 0.717) is 18.7 Å². The fourth-order valence-electron chi connectivity index (χ4n) is 2.21. The molecule has 2 aromatic rings. The smallest absolute Gasteiger partial charge is 0.422 e. The van der Waals surface area contributed by atoms with E-state index < -0.39 is 18.8 Å². The Morgan fingerprint density at radius 3 is 2.40 bits per heavy atom. The fourth-order valence-corrected chi connectivity index (χ4v) is 2.21. The van der Waals surface area contributed by atoms with E-state index in [4.69, 9.17) is 9.84 Å². The van der Waals surface area contributed by atoms with E-state index in [-0.39, 0.29) is 11.3 Å². The number of nitrogens with one attached hydrogen (secondary N) is 1. The van der Waals surface area contributed by atoms with E-state index in [9.17, 15) is 18.0 Å². The number of carboxylic acid groups (broad SMARTS) is 1. The molecule has 0 spiro atoms. The van der Waals surface area contributed by atoms with Crippen molar-refractivity contribution in [3.8, 4) is 5.75 Å². The number of halogens is 3. The molecule has 2 aromatic carbocycles. The lowest BCUT2D eigenvalue weighted by Crippen LogP contribution is -2.20. The highest BCUT2D eigenvalue weighted by atomic mass is 19.4. The van der Waals surface area contributed by atoms with Crippen LogP contribution in [0.5, 0.6) is 5.75 Å². The average Bonchev–Trinajstić information content (AvgIpc) is 2.54. The van der Waals surface area contributed by atoms with Crippen LogP contribution < -0.4 is 10.1 Å². The van der Waals surface area contributed by atoms with E-state index in [1.54, 1.807) is 37.3 Å². The molecule has 2 N–H and O–H groups in total. The quantitative estimate of drug-likeness (QED) is 0.792. The molecule has 134 valence electrons.